The van der Waals surface area contributed by atoms with Gasteiger partial charge in [-0.05, 0) is 19.1 Å². The molecule has 0 fully saturated rings. The maximum Gasteiger partial charge on any atom is 0.270 e. The highest BCUT2D eigenvalue weighted by molar-refractivity contribution is 5.92. The van der Waals surface area contributed by atoms with Crippen LogP contribution in [0.25, 0.3) is 0 Å². The predicted molar refractivity (Wildman–Crippen MR) is 61.1 cm³/mol. The minimum Gasteiger partial charge on any atom is -0.444 e. The Labute approximate surface area is 97.9 Å². The van der Waals surface area contributed by atoms with Crippen molar-refractivity contribution < 1.29 is 9.21 Å². The monoisotopic (exact) mass is 232 g/mol. The average Bonchev–Trinajstić information content (AvgIpc) is 2.73. The number of nitrogens with one attached hydrogen (secondary N) is 1. The first-order valence-corrected chi connectivity index (χ1v) is 5.06. The van der Waals surface area contributed by atoms with E-state index in [0.29, 0.717) is 23.0 Å². The van der Waals surface area contributed by atoms with Crippen LogP contribution in [-0.2, 0) is 6.54 Å². The normalized spacial score (nSPS) is 10.2. The molecule has 0 saturated carbocycles. The third kappa shape index (κ3) is 2.81. The molecule has 0 bridgehead atoms. The summed E-state index contributed by atoms with van der Waals surface area (Å²) in [7, 11) is 0. The number of oxazole rings is 1. The molecule has 3 N–H and O–H groups in total. The van der Waals surface area contributed by atoms with Gasteiger partial charge < -0.3 is 15.5 Å². The van der Waals surface area contributed by atoms with E-state index in [1.807, 2.05) is 0 Å². The molecule has 0 aliphatic carbocycles. The fraction of sp³-hybridized carbons (Fsp3) is 0.182. The Bertz CT molecular complexity index is 519. The van der Waals surface area contributed by atoms with Crippen LogP contribution in [0.4, 0.5) is 5.69 Å². The number of carbonyl (C=O) groups is 1. The van der Waals surface area contributed by atoms with E-state index < -0.39 is 0 Å². The van der Waals surface area contributed by atoms with Gasteiger partial charge in [0.05, 0.1) is 24.6 Å². The molecule has 2 rings (SSSR count). The summed E-state index contributed by atoms with van der Waals surface area (Å²) in [5.41, 5.74) is 6.30. The number of nitrogens with zero attached hydrogens (tertiary/aromatic N) is 2. The van der Waals surface area contributed by atoms with Gasteiger partial charge >= 0.3 is 0 Å². The largest absolute Gasteiger partial charge is 0.444 e. The van der Waals surface area contributed by atoms with Gasteiger partial charge in [0.2, 0.25) is 5.89 Å². The van der Waals surface area contributed by atoms with Gasteiger partial charge in [-0.15, -0.1) is 0 Å². The Morgan fingerprint density at radius 3 is 2.82 bits per heavy atom. The fourth-order valence-electron chi connectivity index (χ4n) is 1.27. The SMILES string of the molecule is Cc1cnc(CNC(=O)c2ccc(N)cn2)o1. The molecule has 0 radical (unpaired) electrons. The lowest BCUT2D eigenvalue weighted by Crippen LogP contribution is -2.23. The van der Waals surface area contributed by atoms with Gasteiger partial charge in [0.15, 0.2) is 0 Å². The zero-order valence-electron chi connectivity index (χ0n) is 9.30. The summed E-state index contributed by atoms with van der Waals surface area (Å²) in [6.45, 7) is 2.03. The number of aryl methyl sites for hydroxylation is 1. The quantitative estimate of drug-likeness (QED) is 0.819. The zero-order chi connectivity index (χ0) is 12.3. The molecule has 0 spiro atoms. The summed E-state index contributed by atoms with van der Waals surface area (Å²) in [5, 5.41) is 2.65. The van der Waals surface area contributed by atoms with Gasteiger partial charge in [0.25, 0.3) is 5.91 Å². The van der Waals surface area contributed by atoms with Crippen LogP contribution in [0.5, 0.6) is 0 Å². The van der Waals surface area contributed by atoms with Crippen molar-refractivity contribution in [3.05, 3.63) is 41.9 Å². The molecule has 0 aliphatic heterocycles. The van der Waals surface area contributed by atoms with Gasteiger partial charge in [-0.2, -0.15) is 0 Å². The van der Waals surface area contributed by atoms with E-state index in [-0.39, 0.29) is 12.5 Å². The van der Waals surface area contributed by atoms with E-state index in [9.17, 15) is 4.79 Å². The molecular weight excluding hydrogens is 220 g/mol. The first-order valence-electron chi connectivity index (χ1n) is 5.06. The Morgan fingerprint density at radius 1 is 1.41 bits per heavy atom. The van der Waals surface area contributed by atoms with E-state index in [4.69, 9.17) is 10.2 Å². The maximum atomic E-state index is 11.7. The second kappa shape index (κ2) is 4.65. The number of nitrogens with two attached hydrogens (primary N) is 1. The number of anilines is 1. The topological polar surface area (TPSA) is 94.0 Å². The number of rotatable bonds is 3. The molecule has 0 aliphatic rings. The minimum atomic E-state index is -0.291. The Kier molecular flexibility index (Phi) is 3.04. The molecule has 0 saturated heterocycles. The summed E-state index contributed by atoms with van der Waals surface area (Å²) in [4.78, 5) is 19.5. The molecule has 0 unspecified atom stereocenters. The Morgan fingerprint density at radius 2 is 2.24 bits per heavy atom. The van der Waals surface area contributed by atoms with Crippen LogP contribution in [0.3, 0.4) is 0 Å². The van der Waals surface area contributed by atoms with Gasteiger partial charge in [-0.25, -0.2) is 9.97 Å². The van der Waals surface area contributed by atoms with E-state index in [1.54, 1.807) is 25.3 Å². The van der Waals surface area contributed by atoms with Crippen LogP contribution >= 0.6 is 0 Å². The molecule has 6 nitrogen and oxygen atoms in total. The summed E-state index contributed by atoms with van der Waals surface area (Å²) in [5.74, 6) is 0.881. The molecule has 2 aromatic rings. The first-order chi connectivity index (χ1) is 8.15. The maximum absolute atomic E-state index is 11.7. The van der Waals surface area contributed by atoms with Crippen LogP contribution in [0.1, 0.15) is 22.1 Å². The molecule has 2 aromatic heterocycles. The summed E-state index contributed by atoms with van der Waals surface area (Å²) in [6.07, 6.45) is 3.03. The van der Waals surface area contributed by atoms with Gasteiger partial charge in [-0.1, -0.05) is 0 Å². The third-order valence-corrected chi connectivity index (χ3v) is 2.09. The van der Waals surface area contributed by atoms with Gasteiger partial charge in [0.1, 0.15) is 11.5 Å². The van der Waals surface area contributed by atoms with Crippen LogP contribution in [0, 0.1) is 6.92 Å². The molecule has 6 heteroatoms. The minimum absolute atomic E-state index is 0.235. The number of amides is 1. The van der Waals surface area contributed by atoms with Gasteiger partial charge in [0, 0.05) is 0 Å². The van der Waals surface area contributed by atoms with Crippen molar-refractivity contribution in [1.29, 1.82) is 0 Å². The van der Waals surface area contributed by atoms with Crippen molar-refractivity contribution in [3.63, 3.8) is 0 Å². The van der Waals surface area contributed by atoms with Crippen LogP contribution in [0.2, 0.25) is 0 Å². The zero-order valence-corrected chi connectivity index (χ0v) is 9.30. The fourth-order valence-corrected chi connectivity index (χ4v) is 1.27. The van der Waals surface area contributed by atoms with E-state index in [1.165, 1.54) is 6.20 Å². The average molecular weight is 232 g/mol. The van der Waals surface area contributed by atoms with Crippen LogP contribution in [0.15, 0.2) is 28.9 Å². The smallest absolute Gasteiger partial charge is 0.270 e. The number of hydrogen-bond acceptors (Lipinski definition) is 5. The van der Waals surface area contributed by atoms with E-state index in [2.05, 4.69) is 15.3 Å². The second-order valence-electron chi connectivity index (χ2n) is 3.52. The lowest BCUT2D eigenvalue weighted by atomic mass is 10.3. The van der Waals surface area contributed by atoms with Crippen LogP contribution in [-0.4, -0.2) is 15.9 Å². The van der Waals surface area contributed by atoms with Gasteiger partial charge in [-0.3, -0.25) is 4.79 Å². The van der Waals surface area contributed by atoms with Crippen molar-refractivity contribution in [2.75, 3.05) is 5.73 Å². The lowest BCUT2D eigenvalue weighted by molar-refractivity contribution is 0.0942. The molecule has 0 atom stereocenters. The molecule has 88 valence electrons. The van der Waals surface area contributed by atoms with Crippen LogP contribution < -0.4 is 11.1 Å². The van der Waals surface area contributed by atoms with E-state index in [0.717, 1.165) is 0 Å². The van der Waals surface area contributed by atoms with Crippen molar-refractivity contribution in [2.45, 2.75) is 13.5 Å². The highest BCUT2D eigenvalue weighted by Gasteiger charge is 2.08. The predicted octanol–water partition coefficient (Wildman–Crippen LogP) is 0.890. The molecule has 1 amide bonds. The Hall–Kier alpha value is -2.37. The highest BCUT2D eigenvalue weighted by Crippen LogP contribution is 2.03. The number of pyridine rings is 1. The summed E-state index contributed by atoms with van der Waals surface area (Å²) in [6, 6.07) is 3.18. The standard InChI is InChI=1S/C11H12N4O2/c1-7-4-14-10(17-7)6-15-11(16)9-3-2-8(12)5-13-9/h2-5H,6,12H2,1H3,(H,15,16). The number of hydrogen-bond donors (Lipinski definition) is 2. The molecule has 17 heavy (non-hydrogen) atoms. The molecular formula is C11H12N4O2. The van der Waals surface area contributed by atoms with Crippen molar-refractivity contribution >= 4 is 11.6 Å². The third-order valence-electron chi connectivity index (χ3n) is 2.09. The molecule has 2 heterocycles. The number of carbonyl (C=O) groups excluding carboxylic acids is 1. The Balaban J connectivity index is 1.95. The molecule has 0 aromatic carbocycles. The first kappa shape index (κ1) is 11.1. The number of nitrogen functional groups attached to an aromatic ring is 1. The van der Waals surface area contributed by atoms with Crippen molar-refractivity contribution in [1.82, 2.24) is 15.3 Å². The number of aromatic nitrogens is 2. The van der Waals surface area contributed by atoms with Crippen molar-refractivity contribution in [3.8, 4) is 0 Å². The summed E-state index contributed by atoms with van der Waals surface area (Å²) < 4.78 is 5.22. The van der Waals surface area contributed by atoms with E-state index >= 15 is 0 Å². The van der Waals surface area contributed by atoms with Crippen molar-refractivity contribution in [2.24, 2.45) is 0 Å². The highest BCUT2D eigenvalue weighted by atomic mass is 16.4. The summed E-state index contributed by atoms with van der Waals surface area (Å²) >= 11 is 0. The lowest BCUT2D eigenvalue weighted by Gasteiger charge is -2.02. The second-order valence-corrected chi connectivity index (χ2v) is 3.52.